The van der Waals surface area contributed by atoms with Crippen molar-refractivity contribution in [3.8, 4) is 0 Å². The number of amidine groups is 1. The van der Waals surface area contributed by atoms with Crippen LogP contribution in [0.25, 0.3) is 0 Å². The molecule has 24 heavy (non-hydrogen) atoms. The third-order valence-electron chi connectivity index (χ3n) is 3.95. The fourth-order valence-electron chi connectivity index (χ4n) is 2.89. The molecular formula is C15H19F3N2O4. The van der Waals surface area contributed by atoms with Crippen LogP contribution in [-0.2, 0) is 19.1 Å². The average molecular weight is 348 g/mol. The van der Waals surface area contributed by atoms with Crippen LogP contribution in [0.2, 0.25) is 0 Å². The van der Waals surface area contributed by atoms with Gasteiger partial charge in [-0.3, -0.25) is 4.79 Å². The van der Waals surface area contributed by atoms with Gasteiger partial charge >= 0.3 is 12.1 Å². The smallest absolute Gasteiger partial charge is 0.429 e. The van der Waals surface area contributed by atoms with E-state index >= 15 is 0 Å². The minimum atomic E-state index is -5.15. The quantitative estimate of drug-likeness (QED) is 0.679. The Morgan fingerprint density at radius 2 is 1.88 bits per heavy atom. The first-order chi connectivity index (χ1) is 10.9. The van der Waals surface area contributed by atoms with E-state index in [2.05, 4.69) is 9.73 Å². The Bertz CT molecular complexity index is 650. The van der Waals surface area contributed by atoms with E-state index in [-0.39, 0.29) is 18.6 Å². The molecule has 0 saturated carbocycles. The second-order valence-corrected chi connectivity index (χ2v) is 6.83. The first kappa shape index (κ1) is 18.3. The van der Waals surface area contributed by atoms with Crippen LogP contribution in [0.1, 0.15) is 26.7 Å². The van der Waals surface area contributed by atoms with Gasteiger partial charge in [-0.1, -0.05) is 13.8 Å². The molecular weight excluding hydrogens is 329 g/mol. The molecule has 0 fully saturated rings. The number of ether oxygens (including phenoxy) is 2. The summed E-state index contributed by atoms with van der Waals surface area (Å²) in [6.45, 7) is 3.49. The lowest BCUT2D eigenvalue weighted by molar-refractivity contribution is -0.198. The summed E-state index contributed by atoms with van der Waals surface area (Å²) in [5.74, 6) is -2.65. The minimum Gasteiger partial charge on any atom is -0.467 e. The number of hydrogen-bond acceptors (Lipinski definition) is 6. The van der Waals surface area contributed by atoms with Crippen molar-refractivity contribution in [2.45, 2.75) is 38.4 Å². The van der Waals surface area contributed by atoms with Gasteiger partial charge in [-0.25, -0.2) is 9.79 Å². The highest BCUT2D eigenvalue weighted by atomic mass is 19.4. The zero-order chi connectivity index (χ0) is 18.5. The highest BCUT2D eigenvalue weighted by molar-refractivity contribution is 6.09. The Balaban J connectivity index is 2.80. The first-order valence-corrected chi connectivity index (χ1v) is 7.23. The van der Waals surface area contributed by atoms with Gasteiger partial charge in [0.15, 0.2) is 5.78 Å². The molecule has 1 aliphatic carbocycles. The number of carbonyl (C=O) groups excluding carboxylic acids is 2. The number of esters is 1. The van der Waals surface area contributed by atoms with Crippen LogP contribution in [0.4, 0.5) is 13.2 Å². The maximum atomic E-state index is 13.9. The molecule has 134 valence electrons. The van der Waals surface area contributed by atoms with Crippen molar-refractivity contribution >= 4 is 17.8 Å². The fourth-order valence-corrected chi connectivity index (χ4v) is 2.89. The number of ketones is 1. The number of methoxy groups -OCH3 is 1. The molecule has 1 aliphatic heterocycles. The Kier molecular flexibility index (Phi) is 4.18. The molecule has 2 rings (SSSR count). The fraction of sp³-hybridized carbons (Fsp3) is 0.667. The topological polar surface area (TPSA) is 68.2 Å². The lowest BCUT2D eigenvalue weighted by atomic mass is 9.71. The van der Waals surface area contributed by atoms with Gasteiger partial charge < -0.3 is 14.4 Å². The molecule has 1 atom stereocenters. The molecule has 0 saturated heterocycles. The summed E-state index contributed by atoms with van der Waals surface area (Å²) in [6, 6.07) is -0.401. The maximum Gasteiger partial charge on any atom is 0.429 e. The molecule has 1 heterocycles. The molecule has 0 amide bonds. The lowest BCUT2D eigenvalue weighted by Crippen LogP contribution is -2.59. The molecule has 0 bridgehead atoms. The Morgan fingerprint density at radius 1 is 1.29 bits per heavy atom. The number of allylic oxidation sites excluding steroid dienone is 1. The summed E-state index contributed by atoms with van der Waals surface area (Å²) in [6.07, 6.45) is -5.21. The van der Waals surface area contributed by atoms with Gasteiger partial charge in [0.05, 0.1) is 12.7 Å². The molecule has 0 aromatic heterocycles. The van der Waals surface area contributed by atoms with Gasteiger partial charge in [0.1, 0.15) is 5.76 Å². The van der Waals surface area contributed by atoms with Crippen LogP contribution >= 0.6 is 0 Å². The number of Topliss-reactive ketones (excluding diaryl/α,β-unsaturated/α-hetero) is 1. The number of hydrogen-bond donors (Lipinski definition) is 0. The van der Waals surface area contributed by atoms with E-state index in [9.17, 15) is 22.8 Å². The SMILES string of the molecule is COC(=O)C1(C(F)(F)F)N=C(N(C)C)OC2=C1C(=O)CC(C)(C)C2. The van der Waals surface area contributed by atoms with Crippen molar-refractivity contribution in [2.75, 3.05) is 21.2 Å². The summed E-state index contributed by atoms with van der Waals surface area (Å²) in [4.78, 5) is 29.3. The summed E-state index contributed by atoms with van der Waals surface area (Å²) in [5, 5.41) is 0. The number of alkyl halides is 3. The van der Waals surface area contributed by atoms with Crippen molar-refractivity contribution in [2.24, 2.45) is 10.4 Å². The molecule has 6 nitrogen and oxygen atoms in total. The predicted molar refractivity (Wildman–Crippen MR) is 78.1 cm³/mol. The largest absolute Gasteiger partial charge is 0.467 e. The lowest BCUT2D eigenvalue weighted by Gasteiger charge is -2.41. The average Bonchev–Trinajstić information content (AvgIpc) is 2.41. The van der Waals surface area contributed by atoms with Crippen molar-refractivity contribution in [3.63, 3.8) is 0 Å². The van der Waals surface area contributed by atoms with E-state index in [0.717, 1.165) is 7.11 Å². The molecule has 1 unspecified atom stereocenters. The van der Waals surface area contributed by atoms with E-state index in [1.54, 1.807) is 13.8 Å². The van der Waals surface area contributed by atoms with Crippen LogP contribution in [0.15, 0.2) is 16.3 Å². The van der Waals surface area contributed by atoms with E-state index in [4.69, 9.17) is 4.74 Å². The molecule has 0 N–H and O–H groups in total. The highest BCUT2D eigenvalue weighted by Gasteiger charge is 2.69. The molecule has 0 spiro atoms. The second-order valence-electron chi connectivity index (χ2n) is 6.83. The third kappa shape index (κ3) is 2.65. The van der Waals surface area contributed by atoms with E-state index < -0.39 is 40.5 Å². The monoisotopic (exact) mass is 348 g/mol. The maximum absolute atomic E-state index is 13.9. The summed E-state index contributed by atoms with van der Waals surface area (Å²) in [5.41, 5.74) is -4.76. The number of aliphatic imine (C=N–C) groups is 1. The Labute approximate surface area is 137 Å². The van der Waals surface area contributed by atoms with Gasteiger partial charge in [0, 0.05) is 26.9 Å². The highest BCUT2D eigenvalue weighted by Crippen LogP contribution is 2.50. The zero-order valence-corrected chi connectivity index (χ0v) is 14.1. The van der Waals surface area contributed by atoms with Crippen molar-refractivity contribution in [3.05, 3.63) is 11.3 Å². The van der Waals surface area contributed by atoms with Crippen molar-refractivity contribution in [1.82, 2.24) is 4.90 Å². The number of halogens is 3. The van der Waals surface area contributed by atoms with Gasteiger partial charge in [0.25, 0.3) is 11.6 Å². The van der Waals surface area contributed by atoms with Crippen LogP contribution in [0.3, 0.4) is 0 Å². The van der Waals surface area contributed by atoms with Crippen LogP contribution in [0, 0.1) is 5.41 Å². The predicted octanol–water partition coefficient (Wildman–Crippen LogP) is 2.05. The van der Waals surface area contributed by atoms with Crippen LogP contribution < -0.4 is 0 Å². The first-order valence-electron chi connectivity index (χ1n) is 7.23. The molecule has 9 heteroatoms. The van der Waals surface area contributed by atoms with Crippen molar-refractivity contribution in [1.29, 1.82) is 0 Å². The summed E-state index contributed by atoms with van der Waals surface area (Å²) >= 11 is 0. The minimum absolute atomic E-state index is 0.0791. The molecule has 0 aromatic rings. The summed E-state index contributed by atoms with van der Waals surface area (Å²) < 4.78 is 51.6. The zero-order valence-electron chi connectivity index (χ0n) is 14.1. The number of rotatable bonds is 1. The normalized spacial score (nSPS) is 26.3. The van der Waals surface area contributed by atoms with Gasteiger partial charge in [-0.05, 0) is 5.41 Å². The number of nitrogens with zero attached hydrogens (tertiary/aromatic N) is 2. The Morgan fingerprint density at radius 3 is 2.33 bits per heavy atom. The number of carbonyl (C=O) groups is 2. The van der Waals surface area contributed by atoms with Crippen molar-refractivity contribution < 1.29 is 32.2 Å². The van der Waals surface area contributed by atoms with Gasteiger partial charge in [0.2, 0.25) is 0 Å². The summed E-state index contributed by atoms with van der Waals surface area (Å²) in [7, 11) is 3.69. The second kappa shape index (κ2) is 5.49. The standard InChI is InChI=1S/C15H19F3N2O4/c1-13(2)6-8(21)10-9(7-13)24-12(20(3)4)19-14(10,11(22)23-5)15(16,17)18/h6-7H2,1-5H3. The van der Waals surface area contributed by atoms with Gasteiger partial charge in [-0.15, -0.1) is 0 Å². The van der Waals surface area contributed by atoms with E-state index in [0.29, 0.717) is 0 Å². The van der Waals surface area contributed by atoms with E-state index in [1.807, 2.05) is 0 Å². The third-order valence-corrected chi connectivity index (χ3v) is 3.95. The van der Waals surface area contributed by atoms with Gasteiger partial charge in [-0.2, -0.15) is 13.2 Å². The van der Waals surface area contributed by atoms with Crippen LogP contribution in [-0.4, -0.2) is 55.6 Å². The molecule has 0 radical (unpaired) electrons. The molecule has 2 aliphatic rings. The Hall–Kier alpha value is -2.06. The van der Waals surface area contributed by atoms with Crippen LogP contribution in [0.5, 0.6) is 0 Å². The molecule has 0 aromatic carbocycles. The van der Waals surface area contributed by atoms with E-state index in [1.165, 1.54) is 19.0 Å².